The van der Waals surface area contributed by atoms with Crippen molar-refractivity contribution in [3.63, 3.8) is 0 Å². The van der Waals surface area contributed by atoms with Gasteiger partial charge < -0.3 is 9.47 Å². The Balaban J connectivity index is 2.29. The summed E-state index contributed by atoms with van der Waals surface area (Å²) in [6.07, 6.45) is 48.4. The van der Waals surface area contributed by atoms with Gasteiger partial charge in [-0.25, -0.2) is 0 Å². The third-order valence-corrected chi connectivity index (χ3v) is 11.6. The van der Waals surface area contributed by atoms with Crippen molar-refractivity contribution in [2.75, 3.05) is 32.8 Å². The van der Waals surface area contributed by atoms with E-state index in [0.717, 1.165) is 96.4 Å². The fourth-order valence-corrected chi connectivity index (χ4v) is 7.63. The first kappa shape index (κ1) is 54.2. The van der Waals surface area contributed by atoms with Gasteiger partial charge in [-0.3, -0.25) is 24.1 Å². The second kappa shape index (κ2) is 40.6. The number of Topliss-reactive ketones (excluding diaryl/α,β-unsaturated/α-hetero) is 2. The fraction of sp³-hybridized carbons (Fsp3) is 0.769. The Morgan fingerprint density at radius 2 is 0.898 bits per heavy atom. The Morgan fingerprint density at radius 3 is 1.36 bits per heavy atom. The van der Waals surface area contributed by atoms with E-state index in [9.17, 15) is 19.2 Å². The molecule has 0 heterocycles. The van der Waals surface area contributed by atoms with E-state index in [0.29, 0.717) is 52.0 Å². The van der Waals surface area contributed by atoms with Gasteiger partial charge in [0.15, 0.2) is 0 Å². The van der Waals surface area contributed by atoms with E-state index in [-0.39, 0.29) is 35.3 Å². The molecular formula is C52H89NO6. The number of esters is 2. The lowest BCUT2D eigenvalue weighted by atomic mass is 9.77. The van der Waals surface area contributed by atoms with Crippen LogP contribution in [0.4, 0.5) is 0 Å². The SMILES string of the molecule is CCCCC/C=C\C/C=C\CCCCCCCC(=O)OCCN(CCCCC1CC(=O)C(CC)CC1=O)CCOC(=O)CCCCCCC/C=C\C/C=C\CCCCC. The molecule has 0 aromatic rings. The molecule has 0 aliphatic heterocycles. The molecular weight excluding hydrogens is 735 g/mol. The van der Waals surface area contributed by atoms with Crippen LogP contribution in [0.15, 0.2) is 48.6 Å². The summed E-state index contributed by atoms with van der Waals surface area (Å²) in [5.74, 6) is -0.0631. The highest BCUT2D eigenvalue weighted by molar-refractivity contribution is 5.96. The molecule has 0 spiro atoms. The van der Waals surface area contributed by atoms with Crippen LogP contribution in [0.25, 0.3) is 0 Å². The third kappa shape index (κ3) is 33.6. The van der Waals surface area contributed by atoms with Crippen molar-refractivity contribution in [2.45, 2.75) is 213 Å². The minimum Gasteiger partial charge on any atom is -0.464 e. The number of nitrogens with zero attached hydrogens (tertiary/aromatic N) is 1. The van der Waals surface area contributed by atoms with E-state index in [2.05, 4.69) is 67.4 Å². The van der Waals surface area contributed by atoms with Crippen LogP contribution in [0.3, 0.4) is 0 Å². The normalized spacial score (nSPS) is 16.2. The summed E-state index contributed by atoms with van der Waals surface area (Å²) in [5.41, 5.74) is 0. The summed E-state index contributed by atoms with van der Waals surface area (Å²) in [5, 5.41) is 0. The fourth-order valence-electron chi connectivity index (χ4n) is 7.63. The molecule has 59 heavy (non-hydrogen) atoms. The van der Waals surface area contributed by atoms with Gasteiger partial charge in [0.05, 0.1) is 0 Å². The predicted molar refractivity (Wildman–Crippen MR) is 247 cm³/mol. The zero-order chi connectivity index (χ0) is 42.9. The predicted octanol–water partition coefficient (Wildman–Crippen LogP) is 13.7. The lowest BCUT2D eigenvalue weighted by molar-refractivity contribution is -0.144. The van der Waals surface area contributed by atoms with Gasteiger partial charge in [-0.2, -0.15) is 0 Å². The Bertz CT molecular complexity index is 1110. The second-order valence-electron chi connectivity index (χ2n) is 16.9. The molecule has 2 atom stereocenters. The van der Waals surface area contributed by atoms with Gasteiger partial charge in [0.1, 0.15) is 24.8 Å². The maximum atomic E-state index is 12.6. The monoisotopic (exact) mass is 824 g/mol. The summed E-state index contributed by atoms with van der Waals surface area (Å²) in [4.78, 5) is 52.2. The summed E-state index contributed by atoms with van der Waals surface area (Å²) in [6, 6.07) is 0. The van der Waals surface area contributed by atoms with E-state index in [1.165, 1.54) is 77.0 Å². The molecule has 7 heteroatoms. The number of ether oxygens (including phenoxy) is 2. The molecule has 0 aromatic heterocycles. The van der Waals surface area contributed by atoms with Crippen LogP contribution in [-0.4, -0.2) is 61.3 Å². The molecule has 1 rings (SSSR count). The van der Waals surface area contributed by atoms with Crippen molar-refractivity contribution in [2.24, 2.45) is 11.8 Å². The molecule has 0 aromatic carbocycles. The van der Waals surface area contributed by atoms with E-state index in [1.807, 2.05) is 6.92 Å². The molecule has 0 bridgehead atoms. The molecule has 1 aliphatic carbocycles. The van der Waals surface area contributed by atoms with E-state index in [4.69, 9.17) is 9.47 Å². The number of carbonyl (C=O) groups is 4. The molecule has 2 unspecified atom stereocenters. The summed E-state index contributed by atoms with van der Waals surface area (Å²) in [6.45, 7) is 9.00. The first-order chi connectivity index (χ1) is 28.9. The molecule has 0 saturated heterocycles. The van der Waals surface area contributed by atoms with Crippen LogP contribution in [0, 0.1) is 11.8 Å². The van der Waals surface area contributed by atoms with Gasteiger partial charge >= 0.3 is 11.9 Å². The van der Waals surface area contributed by atoms with Gasteiger partial charge in [0.2, 0.25) is 0 Å². The molecule has 0 amide bonds. The van der Waals surface area contributed by atoms with Crippen molar-refractivity contribution < 1.29 is 28.7 Å². The van der Waals surface area contributed by atoms with E-state index < -0.39 is 0 Å². The Kier molecular flexibility index (Phi) is 37.3. The molecule has 1 saturated carbocycles. The molecule has 1 aliphatic rings. The first-order valence-corrected chi connectivity index (χ1v) is 24.6. The number of carbonyl (C=O) groups excluding carboxylic acids is 4. The van der Waals surface area contributed by atoms with E-state index in [1.54, 1.807) is 0 Å². The van der Waals surface area contributed by atoms with Crippen LogP contribution in [-0.2, 0) is 28.7 Å². The van der Waals surface area contributed by atoms with Gasteiger partial charge in [-0.15, -0.1) is 0 Å². The Morgan fingerprint density at radius 1 is 0.492 bits per heavy atom. The number of allylic oxidation sites excluding steroid dienone is 8. The number of unbranched alkanes of at least 4 members (excludes halogenated alkanes) is 17. The summed E-state index contributed by atoms with van der Waals surface area (Å²) in [7, 11) is 0. The quantitative estimate of drug-likeness (QED) is 0.0345. The van der Waals surface area contributed by atoms with Gasteiger partial charge in [0.25, 0.3) is 0 Å². The van der Waals surface area contributed by atoms with Crippen molar-refractivity contribution in [1.82, 2.24) is 4.90 Å². The van der Waals surface area contributed by atoms with Gasteiger partial charge in [0, 0.05) is 50.6 Å². The van der Waals surface area contributed by atoms with Crippen molar-refractivity contribution in [3.8, 4) is 0 Å². The zero-order valence-corrected chi connectivity index (χ0v) is 38.4. The van der Waals surface area contributed by atoms with Gasteiger partial charge in [-0.05, 0) is 103 Å². The molecule has 0 N–H and O–H groups in total. The average Bonchev–Trinajstić information content (AvgIpc) is 3.23. The summed E-state index contributed by atoms with van der Waals surface area (Å²) < 4.78 is 11.2. The number of ketones is 2. The number of hydrogen-bond acceptors (Lipinski definition) is 7. The molecule has 338 valence electrons. The van der Waals surface area contributed by atoms with Crippen LogP contribution >= 0.6 is 0 Å². The topological polar surface area (TPSA) is 90.0 Å². The minimum absolute atomic E-state index is 0.0928. The number of rotatable bonds is 40. The zero-order valence-electron chi connectivity index (χ0n) is 38.4. The van der Waals surface area contributed by atoms with Gasteiger partial charge in [-0.1, -0.05) is 140 Å². The number of hydrogen-bond donors (Lipinski definition) is 0. The second-order valence-corrected chi connectivity index (χ2v) is 16.9. The van der Waals surface area contributed by atoms with Crippen LogP contribution in [0.5, 0.6) is 0 Å². The first-order valence-electron chi connectivity index (χ1n) is 24.6. The third-order valence-electron chi connectivity index (χ3n) is 11.6. The van der Waals surface area contributed by atoms with Crippen LogP contribution in [0.1, 0.15) is 213 Å². The Hall–Kier alpha value is -2.80. The van der Waals surface area contributed by atoms with Crippen molar-refractivity contribution in [3.05, 3.63) is 48.6 Å². The standard InChI is InChI=1S/C52H89NO6/c1-4-7-9-11-13-15-17-19-21-23-25-27-29-31-33-38-51(56)58-43-41-53(40-36-35-37-48-46-49(54)47(6-3)45-50(48)55)42-44-59-52(57)39-34-32-30-28-26-24-22-20-18-16-14-12-10-8-5-2/h13-16,19-22,47-48H,4-12,17-18,23-46H2,1-3H3/b15-13-,16-14-,21-19-,22-20-. The van der Waals surface area contributed by atoms with E-state index >= 15 is 0 Å². The molecule has 0 radical (unpaired) electrons. The van der Waals surface area contributed by atoms with Crippen molar-refractivity contribution >= 4 is 23.5 Å². The van der Waals surface area contributed by atoms with Crippen molar-refractivity contribution in [1.29, 1.82) is 0 Å². The lowest BCUT2D eigenvalue weighted by Gasteiger charge is -2.26. The highest BCUT2D eigenvalue weighted by Gasteiger charge is 2.33. The highest BCUT2D eigenvalue weighted by atomic mass is 16.5. The molecule has 1 fully saturated rings. The largest absolute Gasteiger partial charge is 0.464 e. The summed E-state index contributed by atoms with van der Waals surface area (Å²) >= 11 is 0. The maximum absolute atomic E-state index is 12.6. The maximum Gasteiger partial charge on any atom is 0.305 e. The smallest absolute Gasteiger partial charge is 0.305 e. The van der Waals surface area contributed by atoms with Crippen LogP contribution < -0.4 is 0 Å². The average molecular weight is 824 g/mol. The highest BCUT2D eigenvalue weighted by Crippen LogP contribution is 2.28. The van der Waals surface area contributed by atoms with Crippen LogP contribution in [0.2, 0.25) is 0 Å². The Labute approximate surface area is 362 Å². The minimum atomic E-state index is -0.149. The molecule has 7 nitrogen and oxygen atoms in total. The lowest BCUT2D eigenvalue weighted by Crippen LogP contribution is -2.34.